The molecular formula is C24H34N2O2. The molecule has 1 atom stereocenters. The zero-order chi connectivity index (χ0) is 19.6. The summed E-state index contributed by atoms with van der Waals surface area (Å²) in [5.74, 6) is 2.51. The van der Waals surface area contributed by atoms with Crippen LogP contribution >= 0.6 is 0 Å². The molecule has 1 unspecified atom stereocenters. The zero-order valence-electron chi connectivity index (χ0n) is 17.1. The molecule has 1 aromatic carbocycles. The third-order valence-corrected chi connectivity index (χ3v) is 7.14. The van der Waals surface area contributed by atoms with Gasteiger partial charge in [0.1, 0.15) is 0 Å². The maximum atomic E-state index is 12.5. The third kappa shape index (κ3) is 4.76. The van der Waals surface area contributed by atoms with E-state index in [-0.39, 0.29) is 29.8 Å². The molecule has 4 aliphatic rings. The smallest absolute Gasteiger partial charge is 0.220 e. The number of carbonyl (C=O) groups excluding carboxylic acids is 2. The summed E-state index contributed by atoms with van der Waals surface area (Å²) in [6.07, 6.45) is 10.1. The topological polar surface area (TPSA) is 58.2 Å². The van der Waals surface area contributed by atoms with Crippen LogP contribution in [0.2, 0.25) is 0 Å². The van der Waals surface area contributed by atoms with E-state index in [1.54, 1.807) is 0 Å². The standard InChI is InChI=1S/C24H34N2O2/c1-17(7-8-18-5-3-2-4-6-18)25-22(27)9-10-23(28)26-24-14-19-11-20(15-24)13-21(12-19)16-24/h2-6,17,19-21H,7-16H2,1H3,(H,25,27)(H,26,28). The number of rotatable bonds is 8. The Morgan fingerprint density at radius 3 is 2.14 bits per heavy atom. The Bertz CT molecular complexity index is 665. The predicted octanol–water partition coefficient (Wildman–Crippen LogP) is 3.99. The Morgan fingerprint density at radius 2 is 1.54 bits per heavy atom. The van der Waals surface area contributed by atoms with Crippen molar-refractivity contribution in [2.24, 2.45) is 17.8 Å². The average molecular weight is 383 g/mol. The van der Waals surface area contributed by atoms with Gasteiger partial charge in [-0.05, 0) is 81.6 Å². The maximum absolute atomic E-state index is 12.5. The summed E-state index contributed by atoms with van der Waals surface area (Å²) in [7, 11) is 0. The molecule has 0 aliphatic heterocycles. The van der Waals surface area contributed by atoms with Gasteiger partial charge in [0, 0.05) is 24.4 Å². The van der Waals surface area contributed by atoms with Crippen LogP contribution < -0.4 is 10.6 Å². The molecule has 0 saturated heterocycles. The van der Waals surface area contributed by atoms with E-state index in [0.717, 1.165) is 49.9 Å². The Hall–Kier alpha value is -1.84. The molecule has 0 aromatic heterocycles. The Morgan fingerprint density at radius 1 is 0.964 bits per heavy atom. The van der Waals surface area contributed by atoms with Crippen LogP contribution in [-0.2, 0) is 16.0 Å². The van der Waals surface area contributed by atoms with E-state index in [4.69, 9.17) is 0 Å². The van der Waals surface area contributed by atoms with Crippen molar-refractivity contribution in [3.05, 3.63) is 35.9 Å². The van der Waals surface area contributed by atoms with Crippen LogP contribution in [0.15, 0.2) is 30.3 Å². The lowest BCUT2D eigenvalue weighted by Crippen LogP contribution is -2.59. The zero-order valence-corrected chi connectivity index (χ0v) is 17.1. The molecular weight excluding hydrogens is 348 g/mol. The Kier molecular flexibility index (Phi) is 5.75. The van der Waals surface area contributed by atoms with Crippen molar-refractivity contribution in [3.8, 4) is 0 Å². The van der Waals surface area contributed by atoms with Gasteiger partial charge in [0.25, 0.3) is 0 Å². The van der Waals surface area contributed by atoms with E-state index in [2.05, 4.69) is 22.8 Å². The van der Waals surface area contributed by atoms with Crippen LogP contribution in [-0.4, -0.2) is 23.4 Å². The molecule has 4 nitrogen and oxygen atoms in total. The van der Waals surface area contributed by atoms with Crippen LogP contribution in [0.1, 0.15) is 70.3 Å². The van der Waals surface area contributed by atoms with E-state index in [9.17, 15) is 9.59 Å². The first-order chi connectivity index (χ1) is 13.5. The van der Waals surface area contributed by atoms with E-state index in [1.807, 2.05) is 25.1 Å². The normalized spacial score (nSPS) is 31.4. The second kappa shape index (κ2) is 8.26. The molecule has 0 radical (unpaired) electrons. The molecule has 0 heterocycles. The molecule has 4 fully saturated rings. The number of nitrogens with one attached hydrogen (secondary N) is 2. The lowest BCUT2D eigenvalue weighted by molar-refractivity contribution is -0.130. The average Bonchev–Trinajstić information content (AvgIpc) is 2.64. The first-order valence-corrected chi connectivity index (χ1v) is 11.1. The predicted molar refractivity (Wildman–Crippen MR) is 111 cm³/mol. The number of aryl methyl sites for hydroxylation is 1. The van der Waals surface area contributed by atoms with Crippen LogP contribution in [0.3, 0.4) is 0 Å². The highest BCUT2D eigenvalue weighted by molar-refractivity contribution is 5.84. The summed E-state index contributed by atoms with van der Waals surface area (Å²) in [4.78, 5) is 24.8. The Labute approximate surface area is 168 Å². The van der Waals surface area contributed by atoms with Crippen LogP contribution in [0, 0.1) is 17.8 Å². The largest absolute Gasteiger partial charge is 0.354 e. The monoisotopic (exact) mass is 382 g/mol. The number of hydrogen-bond acceptors (Lipinski definition) is 2. The number of benzene rings is 1. The van der Waals surface area contributed by atoms with Gasteiger partial charge in [-0.25, -0.2) is 0 Å². The Balaban J connectivity index is 1.17. The van der Waals surface area contributed by atoms with Gasteiger partial charge in [-0.15, -0.1) is 0 Å². The lowest BCUT2D eigenvalue weighted by Gasteiger charge is -2.56. The van der Waals surface area contributed by atoms with Gasteiger partial charge in [0.15, 0.2) is 0 Å². The summed E-state index contributed by atoms with van der Waals surface area (Å²) in [6.45, 7) is 2.04. The highest BCUT2D eigenvalue weighted by Gasteiger charge is 2.51. The van der Waals surface area contributed by atoms with Crippen molar-refractivity contribution >= 4 is 11.8 Å². The third-order valence-electron chi connectivity index (χ3n) is 7.14. The van der Waals surface area contributed by atoms with E-state index < -0.39 is 0 Å². The molecule has 2 N–H and O–H groups in total. The van der Waals surface area contributed by atoms with Gasteiger partial charge in [-0.3, -0.25) is 9.59 Å². The molecule has 5 rings (SSSR count). The number of amides is 2. The summed E-state index contributed by atoms with van der Waals surface area (Å²) < 4.78 is 0. The van der Waals surface area contributed by atoms with Gasteiger partial charge in [-0.1, -0.05) is 30.3 Å². The molecule has 2 amide bonds. The van der Waals surface area contributed by atoms with Gasteiger partial charge >= 0.3 is 0 Å². The lowest BCUT2D eigenvalue weighted by atomic mass is 9.53. The SMILES string of the molecule is CC(CCc1ccccc1)NC(=O)CCC(=O)NC12CC3CC(CC(C3)C1)C2. The highest BCUT2D eigenvalue weighted by atomic mass is 16.2. The molecule has 28 heavy (non-hydrogen) atoms. The molecule has 152 valence electrons. The number of hydrogen-bond donors (Lipinski definition) is 2. The number of carbonyl (C=O) groups is 2. The molecule has 0 spiro atoms. The first kappa shape index (κ1) is 19.5. The quantitative estimate of drug-likeness (QED) is 0.714. The van der Waals surface area contributed by atoms with Gasteiger partial charge in [0.2, 0.25) is 11.8 Å². The fourth-order valence-corrected chi connectivity index (χ4v) is 6.30. The van der Waals surface area contributed by atoms with Gasteiger partial charge in [-0.2, -0.15) is 0 Å². The van der Waals surface area contributed by atoms with Crippen molar-refractivity contribution in [2.75, 3.05) is 0 Å². The summed E-state index contributed by atoms with van der Waals surface area (Å²) in [5, 5.41) is 6.41. The maximum Gasteiger partial charge on any atom is 0.220 e. The van der Waals surface area contributed by atoms with Gasteiger partial charge < -0.3 is 10.6 Å². The molecule has 4 heteroatoms. The van der Waals surface area contributed by atoms with E-state index >= 15 is 0 Å². The van der Waals surface area contributed by atoms with E-state index in [0.29, 0.717) is 6.42 Å². The van der Waals surface area contributed by atoms with Crippen LogP contribution in [0.4, 0.5) is 0 Å². The van der Waals surface area contributed by atoms with Crippen LogP contribution in [0.25, 0.3) is 0 Å². The van der Waals surface area contributed by atoms with E-state index in [1.165, 1.54) is 24.8 Å². The molecule has 4 bridgehead atoms. The highest BCUT2D eigenvalue weighted by Crippen LogP contribution is 2.55. The van der Waals surface area contributed by atoms with Gasteiger partial charge in [0.05, 0.1) is 0 Å². The second-order valence-electron chi connectivity index (χ2n) is 9.74. The minimum absolute atomic E-state index is 0.0128. The first-order valence-electron chi connectivity index (χ1n) is 11.1. The van der Waals surface area contributed by atoms with Crippen molar-refractivity contribution in [2.45, 2.75) is 82.7 Å². The molecule has 4 aliphatic carbocycles. The van der Waals surface area contributed by atoms with Crippen LogP contribution in [0.5, 0.6) is 0 Å². The summed E-state index contributed by atoms with van der Waals surface area (Å²) in [5.41, 5.74) is 1.34. The minimum Gasteiger partial charge on any atom is -0.354 e. The minimum atomic E-state index is -0.0128. The van der Waals surface area contributed by atoms with Crippen molar-refractivity contribution < 1.29 is 9.59 Å². The van der Waals surface area contributed by atoms with Crippen molar-refractivity contribution in [3.63, 3.8) is 0 Å². The second-order valence-corrected chi connectivity index (χ2v) is 9.74. The fourth-order valence-electron chi connectivity index (χ4n) is 6.30. The fraction of sp³-hybridized carbons (Fsp3) is 0.667. The molecule has 1 aromatic rings. The van der Waals surface area contributed by atoms with Crippen molar-refractivity contribution in [1.82, 2.24) is 10.6 Å². The van der Waals surface area contributed by atoms with Crippen molar-refractivity contribution in [1.29, 1.82) is 0 Å². The summed E-state index contributed by atoms with van der Waals surface area (Å²) in [6, 6.07) is 10.5. The molecule has 4 saturated carbocycles. The summed E-state index contributed by atoms with van der Waals surface area (Å²) >= 11 is 0.